The largest absolute Gasteiger partial charge is 0.0764 e. The third-order valence-electron chi connectivity index (χ3n) is 3.05. The van der Waals surface area contributed by atoms with E-state index in [1.165, 1.54) is 19.3 Å². The predicted molar refractivity (Wildman–Crippen MR) is 37.0 cm³/mol. The van der Waals surface area contributed by atoms with Crippen LogP contribution in [0.25, 0.3) is 0 Å². The van der Waals surface area contributed by atoms with E-state index in [1.54, 1.807) is 11.1 Å². The summed E-state index contributed by atoms with van der Waals surface area (Å²) in [6.07, 6.45) is 9.08. The van der Waals surface area contributed by atoms with E-state index in [-0.39, 0.29) is 0 Å². The fraction of sp³-hybridized carbons (Fsp3) is 0.556. The second kappa shape index (κ2) is 1.16. The first-order valence-corrected chi connectivity index (χ1v) is 3.88. The third kappa shape index (κ3) is 0.320. The topological polar surface area (TPSA) is 0 Å². The lowest BCUT2D eigenvalue weighted by Crippen LogP contribution is -2.28. The van der Waals surface area contributed by atoms with Crippen molar-refractivity contribution in [1.82, 2.24) is 0 Å². The quantitative estimate of drug-likeness (QED) is 0.457. The molecule has 0 heteroatoms. The monoisotopic (exact) mass is 118 g/mol. The molecule has 0 N–H and O–H groups in total. The molecule has 4 aliphatic carbocycles. The SMILES string of the molecule is C1=CC2C3=C1C2CCC3. The van der Waals surface area contributed by atoms with Crippen molar-refractivity contribution in [2.75, 3.05) is 0 Å². The highest BCUT2D eigenvalue weighted by Crippen LogP contribution is 2.55. The zero-order valence-corrected chi connectivity index (χ0v) is 5.43. The zero-order valence-electron chi connectivity index (χ0n) is 5.43. The van der Waals surface area contributed by atoms with E-state index in [0.717, 1.165) is 11.8 Å². The molecular formula is C9H10. The molecule has 0 aliphatic heterocycles. The summed E-state index contributed by atoms with van der Waals surface area (Å²) >= 11 is 0. The second-order valence-electron chi connectivity index (χ2n) is 3.36. The van der Waals surface area contributed by atoms with Gasteiger partial charge in [0.05, 0.1) is 0 Å². The Kier molecular flexibility index (Phi) is 0.555. The summed E-state index contributed by atoms with van der Waals surface area (Å²) < 4.78 is 0. The first kappa shape index (κ1) is 4.32. The Bertz CT molecular complexity index is 220. The molecule has 0 aromatic rings. The van der Waals surface area contributed by atoms with Crippen molar-refractivity contribution in [2.24, 2.45) is 11.8 Å². The lowest BCUT2D eigenvalue weighted by atomic mass is 9.65. The van der Waals surface area contributed by atoms with Crippen LogP contribution in [0.2, 0.25) is 0 Å². The molecule has 0 nitrogen and oxygen atoms in total. The standard InChI is InChI=1S/C9H10/c1-2-6-8-4-5-9(6)7(8)3-1/h4-6,8H,1-3H2. The lowest BCUT2D eigenvalue weighted by Gasteiger charge is -2.39. The van der Waals surface area contributed by atoms with Crippen molar-refractivity contribution in [2.45, 2.75) is 19.3 Å². The summed E-state index contributed by atoms with van der Waals surface area (Å²) in [5.74, 6) is 1.92. The Hall–Kier alpha value is -0.520. The van der Waals surface area contributed by atoms with Crippen LogP contribution in [0.5, 0.6) is 0 Å². The zero-order chi connectivity index (χ0) is 5.84. The highest BCUT2D eigenvalue weighted by molar-refractivity contribution is 5.51. The first-order chi connectivity index (χ1) is 4.47. The number of allylic oxidation sites excluding steroid dienone is 4. The highest BCUT2D eigenvalue weighted by Gasteiger charge is 2.43. The van der Waals surface area contributed by atoms with Gasteiger partial charge in [0.2, 0.25) is 0 Å². The van der Waals surface area contributed by atoms with Crippen LogP contribution in [0, 0.1) is 11.8 Å². The molecule has 0 amide bonds. The van der Waals surface area contributed by atoms with E-state index >= 15 is 0 Å². The van der Waals surface area contributed by atoms with Crippen LogP contribution >= 0.6 is 0 Å². The minimum Gasteiger partial charge on any atom is -0.0764 e. The van der Waals surface area contributed by atoms with Gasteiger partial charge in [0.25, 0.3) is 0 Å². The van der Waals surface area contributed by atoms with Gasteiger partial charge in [-0.3, -0.25) is 0 Å². The molecule has 0 radical (unpaired) electrons. The fourth-order valence-electron chi connectivity index (χ4n) is 2.62. The van der Waals surface area contributed by atoms with Crippen LogP contribution in [-0.4, -0.2) is 0 Å². The van der Waals surface area contributed by atoms with Gasteiger partial charge in [-0.25, -0.2) is 0 Å². The maximum Gasteiger partial charge on any atom is 0.00546 e. The van der Waals surface area contributed by atoms with Crippen LogP contribution in [0.1, 0.15) is 19.3 Å². The first-order valence-electron chi connectivity index (χ1n) is 3.88. The van der Waals surface area contributed by atoms with Gasteiger partial charge in [-0.05, 0) is 30.8 Å². The van der Waals surface area contributed by atoms with Gasteiger partial charge in [0, 0.05) is 5.92 Å². The summed E-state index contributed by atoms with van der Waals surface area (Å²) in [5, 5.41) is 0. The number of rotatable bonds is 0. The van der Waals surface area contributed by atoms with Gasteiger partial charge in [0.1, 0.15) is 0 Å². The molecule has 0 saturated carbocycles. The highest BCUT2D eigenvalue weighted by atomic mass is 14.5. The van der Waals surface area contributed by atoms with Gasteiger partial charge in [-0.2, -0.15) is 0 Å². The van der Waals surface area contributed by atoms with Crippen LogP contribution in [0.4, 0.5) is 0 Å². The van der Waals surface area contributed by atoms with E-state index in [0.29, 0.717) is 0 Å². The van der Waals surface area contributed by atoms with Crippen LogP contribution in [-0.2, 0) is 0 Å². The van der Waals surface area contributed by atoms with Gasteiger partial charge < -0.3 is 0 Å². The molecule has 0 spiro atoms. The predicted octanol–water partition coefficient (Wildman–Crippen LogP) is 2.28. The van der Waals surface area contributed by atoms with Gasteiger partial charge >= 0.3 is 0 Å². The molecular weight excluding hydrogens is 108 g/mol. The summed E-state index contributed by atoms with van der Waals surface area (Å²) in [6, 6.07) is 0. The molecule has 4 aliphatic rings. The Morgan fingerprint density at radius 3 is 2.89 bits per heavy atom. The summed E-state index contributed by atoms with van der Waals surface area (Å²) in [7, 11) is 0. The van der Waals surface area contributed by atoms with Gasteiger partial charge in [0.15, 0.2) is 0 Å². The molecule has 0 aromatic heterocycles. The summed E-state index contributed by atoms with van der Waals surface area (Å²) in [5.41, 5.74) is 3.50. The average molecular weight is 118 g/mol. The van der Waals surface area contributed by atoms with Crippen LogP contribution in [0.15, 0.2) is 23.3 Å². The number of hydrogen-bond donors (Lipinski definition) is 0. The molecule has 0 aromatic carbocycles. The Balaban J connectivity index is 2.16. The Morgan fingerprint density at radius 2 is 2.44 bits per heavy atom. The molecule has 4 bridgehead atoms. The van der Waals surface area contributed by atoms with E-state index < -0.39 is 0 Å². The summed E-state index contributed by atoms with van der Waals surface area (Å²) in [4.78, 5) is 0. The maximum absolute atomic E-state index is 2.40. The van der Waals surface area contributed by atoms with Crippen molar-refractivity contribution in [3.63, 3.8) is 0 Å². The van der Waals surface area contributed by atoms with E-state index in [2.05, 4.69) is 12.2 Å². The molecule has 2 unspecified atom stereocenters. The molecule has 0 heterocycles. The summed E-state index contributed by atoms with van der Waals surface area (Å²) in [6.45, 7) is 0. The molecule has 0 saturated heterocycles. The molecule has 46 valence electrons. The molecule has 0 fully saturated rings. The fourth-order valence-corrected chi connectivity index (χ4v) is 2.62. The van der Waals surface area contributed by atoms with E-state index in [9.17, 15) is 0 Å². The normalized spacial score (nSPS) is 43.6. The maximum atomic E-state index is 2.40. The number of hydrogen-bond acceptors (Lipinski definition) is 0. The molecule has 2 atom stereocenters. The minimum absolute atomic E-state index is 0.925. The van der Waals surface area contributed by atoms with E-state index in [1.807, 2.05) is 0 Å². The van der Waals surface area contributed by atoms with Crippen molar-refractivity contribution >= 4 is 0 Å². The van der Waals surface area contributed by atoms with Crippen LogP contribution in [0.3, 0.4) is 0 Å². The van der Waals surface area contributed by atoms with E-state index in [4.69, 9.17) is 0 Å². The average Bonchev–Trinajstić information content (AvgIpc) is 2.48. The molecule has 4 rings (SSSR count). The van der Waals surface area contributed by atoms with Crippen molar-refractivity contribution in [1.29, 1.82) is 0 Å². The second-order valence-corrected chi connectivity index (χ2v) is 3.36. The Labute approximate surface area is 55.3 Å². The minimum atomic E-state index is 0.925. The van der Waals surface area contributed by atoms with Gasteiger partial charge in [-0.1, -0.05) is 17.7 Å². The van der Waals surface area contributed by atoms with Gasteiger partial charge in [-0.15, -0.1) is 0 Å². The molecule has 9 heavy (non-hydrogen) atoms. The van der Waals surface area contributed by atoms with Crippen molar-refractivity contribution in [3.05, 3.63) is 23.3 Å². The lowest BCUT2D eigenvalue weighted by molar-refractivity contribution is 0.357. The smallest absolute Gasteiger partial charge is 0.00546 e. The third-order valence-corrected chi connectivity index (χ3v) is 3.05. The van der Waals surface area contributed by atoms with Crippen molar-refractivity contribution in [3.8, 4) is 0 Å². The Morgan fingerprint density at radius 1 is 1.44 bits per heavy atom. The van der Waals surface area contributed by atoms with Crippen molar-refractivity contribution < 1.29 is 0 Å². The van der Waals surface area contributed by atoms with Crippen LogP contribution < -0.4 is 0 Å².